The Morgan fingerprint density at radius 1 is 0.610 bits per heavy atom. The maximum Gasteiger partial charge on any atom is 0.220 e. The van der Waals surface area contributed by atoms with Crippen molar-refractivity contribution >= 4 is 5.91 Å². The zero-order valence-electron chi connectivity index (χ0n) is 35.5. The van der Waals surface area contributed by atoms with Gasteiger partial charge in [-0.05, 0) is 64.2 Å². The van der Waals surface area contributed by atoms with Crippen LogP contribution in [0.1, 0.15) is 123 Å². The summed E-state index contributed by atoms with van der Waals surface area (Å²) in [5, 5.41) is 86.3. The zero-order valence-corrected chi connectivity index (χ0v) is 35.5. The predicted molar refractivity (Wildman–Crippen MR) is 226 cm³/mol. The summed E-state index contributed by atoms with van der Waals surface area (Å²) in [5.74, 6) is -0.275. The number of hydrogen-bond acceptors (Lipinski definition) is 13. The molecule has 2 aliphatic rings. The third-order valence-corrected chi connectivity index (χ3v) is 10.4. The van der Waals surface area contributed by atoms with Gasteiger partial charge in [-0.3, -0.25) is 4.79 Å². The molecule has 1 amide bonds. The fourth-order valence-electron chi connectivity index (χ4n) is 6.70. The average Bonchev–Trinajstić information content (AvgIpc) is 3.23. The molecule has 0 aromatic carbocycles. The molecule has 2 heterocycles. The summed E-state index contributed by atoms with van der Waals surface area (Å²) >= 11 is 0. The molecule has 9 N–H and O–H groups in total. The van der Waals surface area contributed by atoms with Gasteiger partial charge in [0.2, 0.25) is 5.91 Å². The Hall–Kier alpha value is -2.31. The highest BCUT2D eigenvalue weighted by Gasteiger charge is 2.50. The number of ether oxygens (including phenoxy) is 4. The summed E-state index contributed by atoms with van der Waals surface area (Å²) in [7, 11) is 0. The minimum absolute atomic E-state index is 0.250. The predicted octanol–water partition coefficient (Wildman–Crippen LogP) is 3.93. The van der Waals surface area contributed by atoms with E-state index in [4.69, 9.17) is 18.9 Å². The molecule has 0 saturated carbocycles. The number of hydrogen-bond donors (Lipinski definition) is 9. The molecule has 59 heavy (non-hydrogen) atoms. The second kappa shape index (κ2) is 32.4. The Labute approximate surface area is 352 Å². The van der Waals surface area contributed by atoms with Crippen molar-refractivity contribution in [1.29, 1.82) is 0 Å². The van der Waals surface area contributed by atoms with Gasteiger partial charge >= 0.3 is 0 Å². The molecule has 14 heteroatoms. The summed E-state index contributed by atoms with van der Waals surface area (Å²) in [4.78, 5) is 13.1. The van der Waals surface area contributed by atoms with Gasteiger partial charge in [0.05, 0.1) is 32.0 Å². The Kier molecular flexibility index (Phi) is 29.0. The summed E-state index contributed by atoms with van der Waals surface area (Å²) in [6.07, 6.45) is 19.9. The largest absolute Gasteiger partial charge is 0.394 e. The molecule has 0 aliphatic carbocycles. The Bertz CT molecular complexity index is 1220. The van der Waals surface area contributed by atoms with E-state index in [0.29, 0.717) is 12.8 Å². The Balaban J connectivity index is 1.94. The molecule has 0 bridgehead atoms. The highest BCUT2D eigenvalue weighted by atomic mass is 16.7. The lowest BCUT2D eigenvalue weighted by Crippen LogP contribution is -2.65. The van der Waals surface area contributed by atoms with Crippen molar-refractivity contribution in [1.82, 2.24) is 5.32 Å². The van der Waals surface area contributed by atoms with E-state index in [1.165, 1.54) is 12.8 Å². The lowest BCUT2D eigenvalue weighted by atomic mass is 9.97. The zero-order chi connectivity index (χ0) is 43.3. The maximum absolute atomic E-state index is 13.1. The quantitative estimate of drug-likeness (QED) is 0.0357. The van der Waals surface area contributed by atoms with Gasteiger partial charge in [0, 0.05) is 6.42 Å². The second-order valence-electron chi connectivity index (χ2n) is 15.4. The normalized spacial score (nSPS) is 29.1. The lowest BCUT2D eigenvalue weighted by molar-refractivity contribution is -0.359. The first kappa shape index (κ1) is 52.8. The SMILES string of the molecule is CCC/C=C/CC/C=C/CC/C=C/C(O)C(COC1OC(CO)C(OC2OC(CO)C(O)C(O)C2O)C(O)C1O)NC(=O)CCCCCCC/C=C\C/C=C\CCCC. The number of carbonyl (C=O) groups is 1. The van der Waals surface area contributed by atoms with E-state index in [2.05, 4.69) is 67.8 Å². The van der Waals surface area contributed by atoms with Crippen LogP contribution in [-0.2, 0) is 23.7 Å². The highest BCUT2D eigenvalue weighted by molar-refractivity contribution is 5.76. The first-order valence-corrected chi connectivity index (χ1v) is 22.0. The number of aliphatic hydroxyl groups excluding tert-OH is 8. The Morgan fingerprint density at radius 3 is 1.81 bits per heavy atom. The van der Waals surface area contributed by atoms with Crippen LogP contribution in [0.25, 0.3) is 0 Å². The van der Waals surface area contributed by atoms with Crippen molar-refractivity contribution in [2.75, 3.05) is 19.8 Å². The van der Waals surface area contributed by atoms with E-state index in [1.807, 2.05) is 6.08 Å². The summed E-state index contributed by atoms with van der Waals surface area (Å²) in [6.45, 7) is 2.58. The molecule has 340 valence electrons. The van der Waals surface area contributed by atoms with Crippen LogP contribution in [0.5, 0.6) is 0 Å². The molecule has 2 rings (SSSR count). The number of aliphatic hydroxyl groups is 8. The third kappa shape index (κ3) is 20.9. The van der Waals surface area contributed by atoms with Gasteiger partial charge in [-0.25, -0.2) is 0 Å². The monoisotopic (exact) mass is 840 g/mol. The summed E-state index contributed by atoms with van der Waals surface area (Å²) in [6, 6.07) is -0.943. The molecule has 2 saturated heterocycles. The fourth-order valence-corrected chi connectivity index (χ4v) is 6.70. The minimum atomic E-state index is -1.79. The lowest BCUT2D eigenvalue weighted by Gasteiger charge is -2.46. The first-order valence-electron chi connectivity index (χ1n) is 22.0. The van der Waals surface area contributed by atoms with Crippen molar-refractivity contribution in [2.45, 2.75) is 197 Å². The van der Waals surface area contributed by atoms with Crippen LogP contribution in [0.15, 0.2) is 60.8 Å². The molecular weight excluding hydrogens is 762 g/mol. The first-order chi connectivity index (χ1) is 28.6. The number of nitrogens with one attached hydrogen (secondary N) is 1. The van der Waals surface area contributed by atoms with Crippen LogP contribution < -0.4 is 5.32 Å². The maximum atomic E-state index is 13.1. The molecule has 12 unspecified atom stereocenters. The molecule has 0 spiro atoms. The van der Waals surface area contributed by atoms with Gasteiger partial charge in [-0.1, -0.05) is 113 Å². The number of amides is 1. The van der Waals surface area contributed by atoms with Crippen molar-refractivity contribution in [3.8, 4) is 0 Å². The molecule has 0 radical (unpaired) electrons. The molecule has 14 nitrogen and oxygen atoms in total. The van der Waals surface area contributed by atoms with E-state index < -0.39 is 86.8 Å². The Morgan fingerprint density at radius 2 is 1.17 bits per heavy atom. The van der Waals surface area contributed by atoms with E-state index in [-0.39, 0.29) is 18.9 Å². The van der Waals surface area contributed by atoms with E-state index in [9.17, 15) is 45.6 Å². The van der Waals surface area contributed by atoms with Crippen molar-refractivity contribution in [3.05, 3.63) is 60.8 Å². The van der Waals surface area contributed by atoms with Gasteiger partial charge < -0.3 is 65.1 Å². The van der Waals surface area contributed by atoms with Crippen molar-refractivity contribution < 1.29 is 64.6 Å². The smallest absolute Gasteiger partial charge is 0.220 e. The van der Waals surface area contributed by atoms with Crippen LogP contribution in [0.2, 0.25) is 0 Å². The topological polar surface area (TPSA) is 228 Å². The van der Waals surface area contributed by atoms with E-state index in [0.717, 1.165) is 77.0 Å². The molecule has 2 fully saturated rings. The number of carbonyl (C=O) groups excluding carboxylic acids is 1. The number of rotatable bonds is 31. The van der Waals surface area contributed by atoms with Crippen LogP contribution in [0, 0.1) is 0 Å². The molecule has 12 atom stereocenters. The van der Waals surface area contributed by atoms with Crippen LogP contribution in [0.4, 0.5) is 0 Å². The average molecular weight is 840 g/mol. The van der Waals surface area contributed by atoms with Crippen molar-refractivity contribution in [2.24, 2.45) is 0 Å². The minimum Gasteiger partial charge on any atom is -0.394 e. The van der Waals surface area contributed by atoms with Gasteiger partial charge in [-0.15, -0.1) is 0 Å². The van der Waals surface area contributed by atoms with Gasteiger partial charge in [0.25, 0.3) is 0 Å². The number of unbranched alkanes of at least 4 members (excludes halogenated alkanes) is 10. The summed E-state index contributed by atoms with van der Waals surface area (Å²) < 4.78 is 22.5. The summed E-state index contributed by atoms with van der Waals surface area (Å²) in [5.41, 5.74) is 0. The van der Waals surface area contributed by atoms with Crippen LogP contribution >= 0.6 is 0 Å². The van der Waals surface area contributed by atoms with Crippen LogP contribution in [-0.4, -0.2) is 140 Å². The van der Waals surface area contributed by atoms with Gasteiger partial charge in [0.1, 0.15) is 48.8 Å². The van der Waals surface area contributed by atoms with Gasteiger partial charge in [-0.2, -0.15) is 0 Å². The molecular formula is C45H77NO13. The number of allylic oxidation sites excluding steroid dienone is 9. The van der Waals surface area contributed by atoms with Crippen LogP contribution in [0.3, 0.4) is 0 Å². The third-order valence-electron chi connectivity index (χ3n) is 10.4. The van der Waals surface area contributed by atoms with E-state index in [1.54, 1.807) is 6.08 Å². The molecule has 2 aliphatic heterocycles. The molecule has 0 aromatic rings. The molecule has 0 aromatic heterocycles. The van der Waals surface area contributed by atoms with Crippen molar-refractivity contribution in [3.63, 3.8) is 0 Å². The van der Waals surface area contributed by atoms with E-state index >= 15 is 0 Å². The standard InChI is InChI=1S/C45H77NO13/c1-3-5-7-9-11-13-15-16-17-19-21-23-25-27-29-37(50)46-33(34(49)28-26-24-22-20-18-14-12-10-8-6-4-2)32-56-44-42(55)40(53)43(36(31-48)58-44)59-45-41(54)39(52)38(51)35(30-47)57-45/h8-11,15-16,18,20,26,28,33-36,38-45,47-49,51-55H,3-7,12-14,17,19,21-25,27,29-32H2,1-2H3,(H,46,50)/b10-8+,11-9-,16-15-,20-18+,28-26+. The fraction of sp³-hybridized carbons (Fsp3) is 0.756. The second-order valence-corrected chi connectivity index (χ2v) is 15.4. The van der Waals surface area contributed by atoms with Gasteiger partial charge in [0.15, 0.2) is 12.6 Å². The highest BCUT2D eigenvalue weighted by Crippen LogP contribution is 2.29.